The predicted molar refractivity (Wildman–Crippen MR) is 94.9 cm³/mol. The standard InChI is InChI=1S/C19H23FN4O2/c20-17-6-2-1-5-16(17)19(26)22-8-7-18(25)24-10-3-4-15(13-24)12-23-11-9-21-14-23/h1-2,5-6,9,11,14-15H,3-4,7-8,10,12-13H2,(H,22,26). The molecule has 1 aromatic carbocycles. The van der Waals surface area contributed by atoms with Crippen LogP contribution in [0.5, 0.6) is 0 Å². The van der Waals surface area contributed by atoms with Crippen LogP contribution in [0.3, 0.4) is 0 Å². The summed E-state index contributed by atoms with van der Waals surface area (Å²) in [6, 6.07) is 5.82. The van der Waals surface area contributed by atoms with E-state index in [0.717, 1.165) is 32.5 Å². The maximum atomic E-state index is 13.6. The molecule has 0 saturated carbocycles. The molecule has 6 nitrogen and oxygen atoms in total. The van der Waals surface area contributed by atoms with E-state index < -0.39 is 11.7 Å². The molecule has 2 amide bonds. The lowest BCUT2D eigenvalue weighted by Crippen LogP contribution is -2.42. The number of imidazole rings is 1. The van der Waals surface area contributed by atoms with Gasteiger partial charge in [-0.25, -0.2) is 9.37 Å². The molecule has 0 radical (unpaired) electrons. The number of aromatic nitrogens is 2. The summed E-state index contributed by atoms with van der Waals surface area (Å²) in [7, 11) is 0. The third-order valence-corrected chi connectivity index (χ3v) is 4.64. The lowest BCUT2D eigenvalue weighted by atomic mass is 9.97. The number of carbonyl (C=O) groups excluding carboxylic acids is 2. The molecule has 3 rings (SSSR count). The Labute approximate surface area is 152 Å². The van der Waals surface area contributed by atoms with Crippen molar-refractivity contribution < 1.29 is 14.0 Å². The summed E-state index contributed by atoms with van der Waals surface area (Å²) < 4.78 is 15.6. The van der Waals surface area contributed by atoms with Crippen molar-refractivity contribution >= 4 is 11.8 Å². The number of likely N-dealkylation sites (tertiary alicyclic amines) is 1. The molecule has 1 aromatic heterocycles. The van der Waals surface area contributed by atoms with Crippen LogP contribution in [0.4, 0.5) is 4.39 Å². The minimum Gasteiger partial charge on any atom is -0.351 e. The van der Waals surface area contributed by atoms with E-state index in [1.54, 1.807) is 18.6 Å². The molecule has 1 aliphatic heterocycles. The highest BCUT2D eigenvalue weighted by Crippen LogP contribution is 2.19. The summed E-state index contributed by atoms with van der Waals surface area (Å²) in [6.07, 6.45) is 7.76. The summed E-state index contributed by atoms with van der Waals surface area (Å²) in [6.45, 7) is 2.53. The lowest BCUT2D eigenvalue weighted by molar-refractivity contribution is -0.132. The van der Waals surface area contributed by atoms with E-state index in [1.165, 1.54) is 18.2 Å². The van der Waals surface area contributed by atoms with Gasteiger partial charge >= 0.3 is 0 Å². The van der Waals surface area contributed by atoms with Gasteiger partial charge in [0.25, 0.3) is 5.91 Å². The summed E-state index contributed by atoms with van der Waals surface area (Å²) in [5.41, 5.74) is -0.00156. The minimum atomic E-state index is -0.560. The second kappa shape index (κ2) is 8.60. The number of amides is 2. The van der Waals surface area contributed by atoms with Gasteiger partial charge in [0, 0.05) is 45.0 Å². The van der Waals surface area contributed by atoms with E-state index in [4.69, 9.17) is 0 Å². The van der Waals surface area contributed by atoms with Gasteiger partial charge in [-0.05, 0) is 30.9 Å². The number of rotatable bonds is 6. The Bertz CT molecular complexity index is 748. The fourth-order valence-electron chi connectivity index (χ4n) is 3.32. The number of hydrogen-bond acceptors (Lipinski definition) is 3. The number of piperidine rings is 1. The molecule has 7 heteroatoms. The van der Waals surface area contributed by atoms with Gasteiger partial charge in [0.15, 0.2) is 0 Å². The first-order chi connectivity index (χ1) is 12.6. The Morgan fingerprint density at radius 3 is 2.92 bits per heavy atom. The van der Waals surface area contributed by atoms with Gasteiger partial charge in [-0.3, -0.25) is 9.59 Å². The van der Waals surface area contributed by atoms with Crippen molar-refractivity contribution in [2.45, 2.75) is 25.8 Å². The zero-order chi connectivity index (χ0) is 18.4. The van der Waals surface area contributed by atoms with Gasteiger partial charge in [-0.15, -0.1) is 0 Å². The van der Waals surface area contributed by atoms with Crippen LogP contribution < -0.4 is 5.32 Å². The number of carbonyl (C=O) groups is 2. The highest BCUT2D eigenvalue weighted by molar-refractivity contribution is 5.94. The molecule has 0 spiro atoms. The van der Waals surface area contributed by atoms with Gasteiger partial charge in [0.1, 0.15) is 5.82 Å². The molecular formula is C19H23FN4O2. The summed E-state index contributed by atoms with van der Waals surface area (Å²) >= 11 is 0. The molecule has 1 atom stereocenters. The minimum absolute atomic E-state index is 0.00156. The molecule has 1 saturated heterocycles. The van der Waals surface area contributed by atoms with E-state index >= 15 is 0 Å². The van der Waals surface area contributed by atoms with Crippen molar-refractivity contribution in [1.29, 1.82) is 0 Å². The van der Waals surface area contributed by atoms with Crippen molar-refractivity contribution in [2.24, 2.45) is 5.92 Å². The molecule has 1 aliphatic rings. The molecule has 26 heavy (non-hydrogen) atoms. The van der Waals surface area contributed by atoms with Crippen molar-refractivity contribution in [3.05, 3.63) is 54.4 Å². The first-order valence-corrected chi connectivity index (χ1v) is 8.89. The highest BCUT2D eigenvalue weighted by atomic mass is 19.1. The van der Waals surface area contributed by atoms with Gasteiger partial charge in [-0.2, -0.15) is 0 Å². The van der Waals surface area contributed by atoms with Crippen molar-refractivity contribution in [3.63, 3.8) is 0 Å². The van der Waals surface area contributed by atoms with Crippen LogP contribution in [0.2, 0.25) is 0 Å². The van der Waals surface area contributed by atoms with E-state index in [0.29, 0.717) is 5.92 Å². The van der Waals surface area contributed by atoms with E-state index in [-0.39, 0.29) is 24.4 Å². The molecule has 1 N–H and O–H groups in total. The lowest BCUT2D eigenvalue weighted by Gasteiger charge is -2.33. The van der Waals surface area contributed by atoms with Crippen LogP contribution in [0.25, 0.3) is 0 Å². The van der Waals surface area contributed by atoms with E-state index in [1.807, 2.05) is 15.7 Å². The van der Waals surface area contributed by atoms with E-state index in [9.17, 15) is 14.0 Å². The normalized spacial score (nSPS) is 17.1. The molecule has 138 valence electrons. The highest BCUT2D eigenvalue weighted by Gasteiger charge is 2.23. The smallest absolute Gasteiger partial charge is 0.254 e. The molecule has 0 aliphatic carbocycles. The monoisotopic (exact) mass is 358 g/mol. The fraction of sp³-hybridized carbons (Fsp3) is 0.421. The third kappa shape index (κ3) is 4.68. The summed E-state index contributed by atoms with van der Waals surface area (Å²) in [5.74, 6) is -0.619. The Kier molecular flexibility index (Phi) is 5.99. The van der Waals surface area contributed by atoms with Crippen LogP contribution in [0, 0.1) is 11.7 Å². The zero-order valence-corrected chi connectivity index (χ0v) is 14.6. The number of nitrogens with one attached hydrogen (secondary N) is 1. The maximum absolute atomic E-state index is 13.6. The van der Waals surface area contributed by atoms with Crippen molar-refractivity contribution in [2.75, 3.05) is 19.6 Å². The van der Waals surface area contributed by atoms with Crippen LogP contribution >= 0.6 is 0 Å². The number of nitrogens with zero attached hydrogens (tertiary/aromatic N) is 3. The molecule has 0 bridgehead atoms. The van der Waals surface area contributed by atoms with Crippen LogP contribution in [-0.4, -0.2) is 45.9 Å². The van der Waals surface area contributed by atoms with Crippen LogP contribution in [0.15, 0.2) is 43.0 Å². The predicted octanol–water partition coefficient (Wildman–Crippen LogP) is 2.08. The summed E-state index contributed by atoms with van der Waals surface area (Å²) in [4.78, 5) is 30.3. The molecular weight excluding hydrogens is 335 g/mol. The van der Waals surface area contributed by atoms with Crippen molar-refractivity contribution in [1.82, 2.24) is 19.8 Å². The summed E-state index contributed by atoms with van der Waals surface area (Å²) in [5, 5.41) is 2.62. The van der Waals surface area contributed by atoms with Gasteiger partial charge in [-0.1, -0.05) is 12.1 Å². The van der Waals surface area contributed by atoms with E-state index in [2.05, 4.69) is 10.3 Å². The third-order valence-electron chi connectivity index (χ3n) is 4.64. The van der Waals surface area contributed by atoms with Crippen molar-refractivity contribution in [3.8, 4) is 0 Å². The molecule has 1 unspecified atom stereocenters. The number of benzene rings is 1. The average molecular weight is 358 g/mol. The zero-order valence-electron chi connectivity index (χ0n) is 14.6. The van der Waals surface area contributed by atoms with Crippen LogP contribution in [0.1, 0.15) is 29.6 Å². The Morgan fingerprint density at radius 2 is 2.15 bits per heavy atom. The van der Waals surface area contributed by atoms with Crippen LogP contribution in [-0.2, 0) is 11.3 Å². The quantitative estimate of drug-likeness (QED) is 0.860. The molecule has 2 aromatic rings. The second-order valence-electron chi connectivity index (χ2n) is 6.59. The number of hydrogen-bond donors (Lipinski definition) is 1. The first-order valence-electron chi connectivity index (χ1n) is 8.89. The van der Waals surface area contributed by atoms with Gasteiger partial charge in [0.2, 0.25) is 5.91 Å². The second-order valence-corrected chi connectivity index (χ2v) is 6.59. The Morgan fingerprint density at radius 1 is 1.31 bits per heavy atom. The SMILES string of the molecule is O=C(NCCC(=O)N1CCCC(Cn2ccnc2)C1)c1ccccc1F. The number of halogens is 1. The topological polar surface area (TPSA) is 67.2 Å². The Hall–Kier alpha value is -2.70. The molecule has 1 fully saturated rings. The first kappa shape index (κ1) is 18.1. The largest absolute Gasteiger partial charge is 0.351 e. The maximum Gasteiger partial charge on any atom is 0.254 e. The average Bonchev–Trinajstić information content (AvgIpc) is 3.15. The van der Waals surface area contributed by atoms with Gasteiger partial charge < -0.3 is 14.8 Å². The molecule has 2 heterocycles. The fourth-order valence-corrected chi connectivity index (χ4v) is 3.32. The van der Waals surface area contributed by atoms with Gasteiger partial charge in [0.05, 0.1) is 11.9 Å². The Balaban J connectivity index is 1.44.